The van der Waals surface area contributed by atoms with E-state index in [1.165, 1.54) is 0 Å². The lowest BCUT2D eigenvalue weighted by molar-refractivity contribution is 0.200. The Hall–Kier alpha value is -1.29. The number of hydrogen-bond acceptors (Lipinski definition) is 4. The van der Waals surface area contributed by atoms with E-state index in [0.717, 1.165) is 18.9 Å². The lowest BCUT2D eigenvalue weighted by Crippen LogP contribution is -2.48. The highest BCUT2D eigenvalue weighted by molar-refractivity contribution is 5.43. The first-order valence-corrected chi connectivity index (χ1v) is 5.29. The summed E-state index contributed by atoms with van der Waals surface area (Å²) in [6, 6.07) is 5.77. The third kappa shape index (κ3) is 2.21. The number of aromatic nitrogens is 1. The van der Waals surface area contributed by atoms with Crippen LogP contribution in [0.5, 0.6) is 5.88 Å². The van der Waals surface area contributed by atoms with Gasteiger partial charge in [0.2, 0.25) is 5.88 Å². The Bertz CT molecular complexity index is 324. The Balaban J connectivity index is 2.00. The van der Waals surface area contributed by atoms with E-state index in [4.69, 9.17) is 9.84 Å². The molecule has 15 heavy (non-hydrogen) atoms. The van der Waals surface area contributed by atoms with Gasteiger partial charge in [0.25, 0.3) is 0 Å². The fraction of sp³-hybridized carbons (Fsp3) is 0.545. The number of aliphatic hydroxyl groups is 1. The quantitative estimate of drug-likeness (QED) is 0.798. The molecule has 1 saturated heterocycles. The fourth-order valence-electron chi connectivity index (χ4n) is 1.68. The summed E-state index contributed by atoms with van der Waals surface area (Å²) < 4.78 is 5.33. The number of nitrogens with zero attached hydrogens (tertiary/aromatic N) is 2. The van der Waals surface area contributed by atoms with Gasteiger partial charge in [-0.05, 0) is 13.0 Å². The predicted octanol–water partition coefficient (Wildman–Crippen LogP) is 0.909. The van der Waals surface area contributed by atoms with Crippen LogP contribution in [0.3, 0.4) is 0 Å². The molecular formula is C11H16N2O2. The van der Waals surface area contributed by atoms with Gasteiger partial charge in [-0.3, -0.25) is 0 Å². The molecule has 0 saturated carbocycles. The van der Waals surface area contributed by atoms with Crippen LogP contribution in [0.4, 0.5) is 5.82 Å². The van der Waals surface area contributed by atoms with Crippen molar-refractivity contribution in [3.8, 4) is 5.88 Å². The molecule has 0 amide bonds. The van der Waals surface area contributed by atoms with Crippen LogP contribution in [0.15, 0.2) is 18.2 Å². The van der Waals surface area contributed by atoms with Crippen LogP contribution in [-0.4, -0.2) is 36.4 Å². The van der Waals surface area contributed by atoms with E-state index >= 15 is 0 Å². The Kier molecular flexibility index (Phi) is 3.06. The van der Waals surface area contributed by atoms with E-state index in [2.05, 4.69) is 9.88 Å². The van der Waals surface area contributed by atoms with Crippen molar-refractivity contribution < 1.29 is 9.84 Å². The van der Waals surface area contributed by atoms with Gasteiger partial charge in [-0.2, -0.15) is 4.98 Å². The highest BCUT2D eigenvalue weighted by Crippen LogP contribution is 2.23. The summed E-state index contributed by atoms with van der Waals surface area (Å²) >= 11 is 0. The summed E-state index contributed by atoms with van der Waals surface area (Å²) in [7, 11) is 0. The summed E-state index contributed by atoms with van der Waals surface area (Å²) in [5.74, 6) is 2.01. The van der Waals surface area contributed by atoms with E-state index < -0.39 is 0 Å². The van der Waals surface area contributed by atoms with Crippen molar-refractivity contribution in [2.24, 2.45) is 5.92 Å². The Morgan fingerprint density at radius 2 is 2.33 bits per heavy atom. The SMILES string of the molecule is CCOc1cccc(N2CC(CO)C2)n1. The smallest absolute Gasteiger partial charge is 0.215 e. The van der Waals surface area contributed by atoms with E-state index in [9.17, 15) is 0 Å². The van der Waals surface area contributed by atoms with Crippen molar-refractivity contribution >= 4 is 5.82 Å². The summed E-state index contributed by atoms with van der Waals surface area (Å²) in [5.41, 5.74) is 0. The predicted molar refractivity (Wildman–Crippen MR) is 58.2 cm³/mol. The average Bonchev–Trinajstić information content (AvgIpc) is 2.17. The third-order valence-corrected chi connectivity index (χ3v) is 2.54. The van der Waals surface area contributed by atoms with Crippen LogP contribution in [0.1, 0.15) is 6.92 Å². The monoisotopic (exact) mass is 208 g/mol. The third-order valence-electron chi connectivity index (χ3n) is 2.54. The standard InChI is InChI=1S/C11H16N2O2/c1-2-15-11-5-3-4-10(12-11)13-6-9(7-13)8-14/h3-5,9,14H,2,6-8H2,1H3. The van der Waals surface area contributed by atoms with Gasteiger partial charge in [-0.25, -0.2) is 0 Å². The molecule has 0 radical (unpaired) electrons. The molecular weight excluding hydrogens is 192 g/mol. The molecule has 0 atom stereocenters. The Morgan fingerprint density at radius 3 is 3.00 bits per heavy atom. The average molecular weight is 208 g/mol. The number of hydrogen-bond donors (Lipinski definition) is 1. The van der Waals surface area contributed by atoms with Crippen molar-refractivity contribution in [1.82, 2.24) is 4.98 Å². The van der Waals surface area contributed by atoms with Gasteiger partial charge in [0.05, 0.1) is 6.61 Å². The maximum Gasteiger partial charge on any atom is 0.215 e. The molecule has 0 aliphatic carbocycles. The molecule has 0 aromatic carbocycles. The molecule has 2 heterocycles. The van der Waals surface area contributed by atoms with Crippen molar-refractivity contribution in [2.75, 3.05) is 31.2 Å². The zero-order valence-electron chi connectivity index (χ0n) is 8.89. The highest BCUT2D eigenvalue weighted by atomic mass is 16.5. The zero-order chi connectivity index (χ0) is 10.7. The van der Waals surface area contributed by atoms with E-state index in [0.29, 0.717) is 18.4 Å². The molecule has 0 bridgehead atoms. The van der Waals surface area contributed by atoms with E-state index in [-0.39, 0.29) is 6.61 Å². The second-order valence-electron chi connectivity index (χ2n) is 3.72. The Morgan fingerprint density at radius 1 is 1.53 bits per heavy atom. The summed E-state index contributed by atoms with van der Waals surface area (Å²) in [6.07, 6.45) is 0. The largest absolute Gasteiger partial charge is 0.478 e. The van der Waals surface area contributed by atoms with Crippen LogP contribution in [-0.2, 0) is 0 Å². The Labute approximate surface area is 89.5 Å². The van der Waals surface area contributed by atoms with E-state index in [1.807, 2.05) is 25.1 Å². The van der Waals surface area contributed by atoms with Crippen molar-refractivity contribution in [3.63, 3.8) is 0 Å². The zero-order valence-corrected chi connectivity index (χ0v) is 8.89. The topological polar surface area (TPSA) is 45.6 Å². The summed E-state index contributed by atoms with van der Waals surface area (Å²) in [6.45, 7) is 4.62. The molecule has 0 unspecified atom stereocenters. The van der Waals surface area contributed by atoms with Gasteiger partial charge in [0.1, 0.15) is 5.82 Å². The molecule has 4 nitrogen and oxygen atoms in total. The molecule has 1 aromatic rings. The first-order chi connectivity index (χ1) is 7.33. The van der Waals surface area contributed by atoms with Crippen molar-refractivity contribution in [2.45, 2.75) is 6.92 Å². The van der Waals surface area contributed by atoms with Gasteiger partial charge in [0, 0.05) is 31.7 Å². The maximum atomic E-state index is 8.92. The fourth-order valence-corrected chi connectivity index (χ4v) is 1.68. The van der Waals surface area contributed by atoms with Gasteiger partial charge in [-0.15, -0.1) is 0 Å². The van der Waals surface area contributed by atoms with Crippen LogP contribution < -0.4 is 9.64 Å². The van der Waals surface area contributed by atoms with Crippen LogP contribution in [0.25, 0.3) is 0 Å². The molecule has 2 rings (SSSR count). The minimum absolute atomic E-state index is 0.266. The molecule has 82 valence electrons. The van der Waals surface area contributed by atoms with Crippen LogP contribution in [0, 0.1) is 5.92 Å². The molecule has 1 N–H and O–H groups in total. The minimum atomic E-state index is 0.266. The van der Waals surface area contributed by atoms with Crippen molar-refractivity contribution in [1.29, 1.82) is 0 Å². The number of rotatable bonds is 4. The van der Waals surface area contributed by atoms with Gasteiger partial charge >= 0.3 is 0 Å². The molecule has 1 aliphatic heterocycles. The number of aliphatic hydroxyl groups excluding tert-OH is 1. The number of anilines is 1. The normalized spacial score (nSPS) is 16.3. The second kappa shape index (κ2) is 4.49. The summed E-state index contributed by atoms with van der Waals surface area (Å²) in [4.78, 5) is 6.52. The molecule has 1 aromatic heterocycles. The number of ether oxygens (including phenoxy) is 1. The van der Waals surface area contributed by atoms with Gasteiger partial charge < -0.3 is 14.7 Å². The summed E-state index contributed by atoms with van der Waals surface area (Å²) in [5, 5.41) is 8.92. The molecule has 1 aliphatic rings. The molecule has 4 heteroatoms. The highest BCUT2D eigenvalue weighted by Gasteiger charge is 2.26. The first-order valence-electron chi connectivity index (χ1n) is 5.29. The van der Waals surface area contributed by atoms with E-state index in [1.54, 1.807) is 0 Å². The lowest BCUT2D eigenvalue weighted by atomic mass is 10.0. The first kappa shape index (κ1) is 10.2. The number of pyridine rings is 1. The lowest BCUT2D eigenvalue weighted by Gasteiger charge is -2.39. The van der Waals surface area contributed by atoms with Crippen LogP contribution >= 0.6 is 0 Å². The second-order valence-corrected chi connectivity index (χ2v) is 3.72. The molecule has 1 fully saturated rings. The van der Waals surface area contributed by atoms with Crippen LogP contribution in [0.2, 0.25) is 0 Å². The van der Waals surface area contributed by atoms with Crippen molar-refractivity contribution in [3.05, 3.63) is 18.2 Å². The van der Waals surface area contributed by atoms with Gasteiger partial charge in [-0.1, -0.05) is 6.07 Å². The molecule has 0 spiro atoms. The minimum Gasteiger partial charge on any atom is -0.478 e. The van der Waals surface area contributed by atoms with Gasteiger partial charge in [0.15, 0.2) is 0 Å². The maximum absolute atomic E-state index is 8.92.